The molecule has 0 aliphatic rings. The van der Waals surface area contributed by atoms with Gasteiger partial charge in [-0.05, 0) is 24.1 Å². The van der Waals surface area contributed by atoms with Gasteiger partial charge in [-0.3, -0.25) is 0 Å². The van der Waals surface area contributed by atoms with E-state index >= 15 is 0 Å². The third kappa shape index (κ3) is 1.97. The van der Waals surface area contributed by atoms with Gasteiger partial charge in [0.05, 0.1) is 0 Å². The van der Waals surface area contributed by atoms with Crippen molar-refractivity contribution in [3.63, 3.8) is 0 Å². The predicted molar refractivity (Wildman–Crippen MR) is 66.8 cm³/mol. The van der Waals surface area contributed by atoms with Gasteiger partial charge in [-0.25, -0.2) is 4.98 Å². The Bertz CT molecular complexity index is 503. The molecular formula is C14H19NO. The van der Waals surface area contributed by atoms with Crippen LogP contribution in [0.1, 0.15) is 52.0 Å². The first-order valence-corrected chi connectivity index (χ1v) is 5.79. The maximum atomic E-state index is 5.81. The van der Waals surface area contributed by atoms with Crippen LogP contribution < -0.4 is 0 Å². The molecule has 0 amide bonds. The molecule has 0 aromatic carbocycles. The van der Waals surface area contributed by atoms with Gasteiger partial charge in [0, 0.05) is 16.5 Å². The first-order chi connectivity index (χ1) is 7.38. The topological polar surface area (TPSA) is 26.0 Å². The minimum atomic E-state index is 0.0404. The van der Waals surface area contributed by atoms with E-state index in [-0.39, 0.29) is 5.41 Å². The van der Waals surface area contributed by atoms with Crippen LogP contribution in [0, 0.1) is 0 Å². The normalized spacial score (nSPS) is 12.6. The second kappa shape index (κ2) is 3.62. The lowest BCUT2D eigenvalue weighted by atomic mass is 9.93. The molecular weight excluding hydrogens is 198 g/mol. The molecule has 2 nitrogen and oxygen atoms in total. The molecule has 0 atom stereocenters. The Hall–Kier alpha value is -1.31. The number of hydrogen-bond acceptors (Lipinski definition) is 2. The summed E-state index contributed by atoms with van der Waals surface area (Å²) >= 11 is 0. The number of hydrogen-bond donors (Lipinski definition) is 0. The fourth-order valence-corrected chi connectivity index (χ4v) is 1.62. The molecule has 2 aromatic heterocycles. The Morgan fingerprint density at radius 1 is 1.19 bits per heavy atom. The molecule has 0 spiro atoms. The van der Waals surface area contributed by atoms with Crippen molar-refractivity contribution >= 4 is 11.1 Å². The van der Waals surface area contributed by atoms with Crippen molar-refractivity contribution < 1.29 is 4.42 Å². The summed E-state index contributed by atoms with van der Waals surface area (Å²) in [7, 11) is 0. The molecule has 2 rings (SSSR count). The zero-order valence-electron chi connectivity index (χ0n) is 10.7. The highest BCUT2D eigenvalue weighted by molar-refractivity contribution is 5.74. The van der Waals surface area contributed by atoms with Gasteiger partial charge < -0.3 is 4.42 Å². The monoisotopic (exact) mass is 217 g/mol. The third-order valence-corrected chi connectivity index (χ3v) is 2.74. The quantitative estimate of drug-likeness (QED) is 0.713. The summed E-state index contributed by atoms with van der Waals surface area (Å²) in [5.74, 6) is 1.43. The smallest absolute Gasteiger partial charge is 0.226 e. The van der Waals surface area contributed by atoms with Crippen molar-refractivity contribution in [3.05, 3.63) is 29.7 Å². The lowest BCUT2D eigenvalue weighted by Crippen LogP contribution is -2.08. The van der Waals surface area contributed by atoms with Gasteiger partial charge in [-0.15, -0.1) is 0 Å². The van der Waals surface area contributed by atoms with Crippen LogP contribution in [0.15, 0.2) is 22.6 Å². The highest BCUT2D eigenvalue weighted by Gasteiger charge is 2.19. The van der Waals surface area contributed by atoms with Crippen LogP contribution >= 0.6 is 0 Å². The largest absolute Gasteiger partial charge is 0.442 e. The maximum Gasteiger partial charge on any atom is 0.226 e. The SMILES string of the molecule is CC(C)c1ccc2cc(C(C)(C)C)oc2n1. The number of fused-ring (bicyclic) bond motifs is 1. The minimum absolute atomic E-state index is 0.0404. The van der Waals surface area contributed by atoms with E-state index in [4.69, 9.17) is 4.42 Å². The van der Waals surface area contributed by atoms with Crippen LogP contribution in [0.2, 0.25) is 0 Å². The van der Waals surface area contributed by atoms with Crippen LogP contribution in [0.3, 0.4) is 0 Å². The molecule has 0 fully saturated rings. The molecule has 0 unspecified atom stereocenters. The summed E-state index contributed by atoms with van der Waals surface area (Å²) in [5.41, 5.74) is 1.89. The first kappa shape index (κ1) is 11.2. The van der Waals surface area contributed by atoms with Crippen molar-refractivity contribution in [2.75, 3.05) is 0 Å². The summed E-state index contributed by atoms with van der Waals surface area (Å²) in [5, 5.41) is 1.09. The molecule has 0 saturated carbocycles. The second-order valence-electron chi connectivity index (χ2n) is 5.65. The molecule has 0 N–H and O–H groups in total. The van der Waals surface area contributed by atoms with Crippen molar-refractivity contribution in [1.29, 1.82) is 0 Å². The van der Waals surface area contributed by atoms with Gasteiger partial charge in [0.2, 0.25) is 5.71 Å². The summed E-state index contributed by atoms with van der Waals surface area (Å²) in [6, 6.07) is 6.26. The maximum absolute atomic E-state index is 5.81. The number of nitrogens with zero attached hydrogens (tertiary/aromatic N) is 1. The number of pyridine rings is 1. The molecule has 0 aliphatic carbocycles. The van der Waals surface area contributed by atoms with Crippen molar-refractivity contribution in [1.82, 2.24) is 4.98 Å². The van der Waals surface area contributed by atoms with Crippen molar-refractivity contribution in [2.45, 2.75) is 46.0 Å². The molecule has 0 bridgehead atoms. The van der Waals surface area contributed by atoms with Crippen LogP contribution in [0.4, 0.5) is 0 Å². The molecule has 2 heterocycles. The molecule has 2 heteroatoms. The third-order valence-electron chi connectivity index (χ3n) is 2.74. The summed E-state index contributed by atoms with van der Waals surface area (Å²) in [4.78, 5) is 4.54. The van der Waals surface area contributed by atoms with Crippen LogP contribution in [-0.4, -0.2) is 4.98 Å². The van der Waals surface area contributed by atoms with Crippen LogP contribution in [0.5, 0.6) is 0 Å². The van der Waals surface area contributed by atoms with Crippen molar-refractivity contribution in [3.8, 4) is 0 Å². The lowest BCUT2D eigenvalue weighted by Gasteiger charge is -2.13. The van der Waals surface area contributed by atoms with E-state index in [0.717, 1.165) is 22.6 Å². The second-order valence-corrected chi connectivity index (χ2v) is 5.65. The van der Waals surface area contributed by atoms with Gasteiger partial charge in [-0.1, -0.05) is 34.6 Å². The predicted octanol–water partition coefficient (Wildman–Crippen LogP) is 4.25. The Balaban J connectivity index is 2.54. The average molecular weight is 217 g/mol. The van der Waals surface area contributed by atoms with E-state index in [1.165, 1.54) is 0 Å². The van der Waals surface area contributed by atoms with E-state index in [0.29, 0.717) is 5.92 Å². The van der Waals surface area contributed by atoms with Gasteiger partial charge in [-0.2, -0.15) is 0 Å². The van der Waals surface area contributed by atoms with Crippen LogP contribution in [-0.2, 0) is 5.41 Å². The van der Waals surface area contributed by atoms with E-state index in [1.54, 1.807) is 0 Å². The fourth-order valence-electron chi connectivity index (χ4n) is 1.62. The molecule has 0 aliphatic heterocycles. The first-order valence-electron chi connectivity index (χ1n) is 5.79. The minimum Gasteiger partial charge on any atom is -0.442 e. The number of aromatic nitrogens is 1. The van der Waals surface area contributed by atoms with E-state index in [2.05, 4.69) is 57.8 Å². The Morgan fingerprint density at radius 2 is 1.88 bits per heavy atom. The summed E-state index contributed by atoms with van der Waals surface area (Å²) < 4.78 is 5.81. The summed E-state index contributed by atoms with van der Waals surface area (Å²) in [6.45, 7) is 10.7. The highest BCUT2D eigenvalue weighted by Crippen LogP contribution is 2.28. The van der Waals surface area contributed by atoms with E-state index in [9.17, 15) is 0 Å². The zero-order chi connectivity index (χ0) is 11.9. The summed E-state index contributed by atoms with van der Waals surface area (Å²) in [6.07, 6.45) is 0. The zero-order valence-corrected chi connectivity index (χ0v) is 10.7. The highest BCUT2D eigenvalue weighted by atomic mass is 16.3. The van der Waals surface area contributed by atoms with Gasteiger partial charge in [0.1, 0.15) is 5.76 Å². The standard InChI is InChI=1S/C14H19NO/c1-9(2)11-7-6-10-8-12(14(3,4)5)16-13(10)15-11/h6-9H,1-5H3. The molecule has 86 valence electrons. The number of rotatable bonds is 1. The van der Waals surface area contributed by atoms with E-state index in [1.807, 2.05) is 0 Å². The number of furan rings is 1. The molecule has 0 radical (unpaired) electrons. The van der Waals surface area contributed by atoms with Crippen LogP contribution in [0.25, 0.3) is 11.1 Å². The van der Waals surface area contributed by atoms with Crippen molar-refractivity contribution in [2.24, 2.45) is 0 Å². The van der Waals surface area contributed by atoms with Gasteiger partial charge >= 0.3 is 0 Å². The fraction of sp³-hybridized carbons (Fsp3) is 0.500. The Labute approximate surface area is 96.7 Å². The molecule has 16 heavy (non-hydrogen) atoms. The lowest BCUT2D eigenvalue weighted by molar-refractivity contribution is 0.425. The Kier molecular flexibility index (Phi) is 2.53. The van der Waals surface area contributed by atoms with Gasteiger partial charge in [0.15, 0.2) is 0 Å². The molecule has 2 aromatic rings. The molecule has 0 saturated heterocycles. The van der Waals surface area contributed by atoms with Gasteiger partial charge in [0.25, 0.3) is 0 Å². The Morgan fingerprint density at radius 3 is 2.44 bits per heavy atom. The average Bonchev–Trinajstić information content (AvgIpc) is 2.58. The van der Waals surface area contributed by atoms with E-state index < -0.39 is 0 Å².